The fraction of sp³-hybridized carbons (Fsp3) is 0.333. The van der Waals surface area contributed by atoms with Crippen molar-refractivity contribution in [2.24, 2.45) is 5.92 Å². The summed E-state index contributed by atoms with van der Waals surface area (Å²) in [6.45, 7) is 4.86. The Morgan fingerprint density at radius 3 is 2.10 bits per heavy atom. The molecule has 7 nitrogen and oxygen atoms in total. The SMILES string of the molecule is CC(C)CNC(=O)[C@H](C)N(CCc1ccccc1)C(=O)CN(c1cc(C(F)(F)F)ccc1Cl)S(=O)(=O)c1ccccc1. The molecule has 0 aliphatic carbocycles. The van der Waals surface area contributed by atoms with Crippen molar-refractivity contribution >= 4 is 39.1 Å². The van der Waals surface area contributed by atoms with Gasteiger partial charge >= 0.3 is 6.18 Å². The van der Waals surface area contributed by atoms with Gasteiger partial charge in [-0.1, -0.05) is 74.0 Å². The summed E-state index contributed by atoms with van der Waals surface area (Å²) in [5, 5.41) is 2.48. The van der Waals surface area contributed by atoms with Gasteiger partial charge in [-0.2, -0.15) is 13.2 Å². The molecule has 0 saturated carbocycles. The summed E-state index contributed by atoms with van der Waals surface area (Å²) >= 11 is 6.26. The van der Waals surface area contributed by atoms with E-state index in [0.717, 1.165) is 17.7 Å². The highest BCUT2D eigenvalue weighted by molar-refractivity contribution is 7.92. The Balaban J connectivity index is 2.06. The predicted octanol–water partition coefficient (Wildman–Crippen LogP) is 5.79. The van der Waals surface area contributed by atoms with Crippen molar-refractivity contribution in [2.75, 3.05) is 23.9 Å². The number of hydrogen-bond donors (Lipinski definition) is 1. The summed E-state index contributed by atoms with van der Waals surface area (Å²) in [6, 6.07) is 17.5. The first-order chi connectivity index (χ1) is 19.7. The first-order valence-corrected chi connectivity index (χ1v) is 15.1. The highest BCUT2D eigenvalue weighted by Gasteiger charge is 2.36. The molecule has 0 aliphatic heterocycles. The van der Waals surface area contributed by atoms with E-state index in [1.54, 1.807) is 6.07 Å². The molecule has 3 aromatic rings. The van der Waals surface area contributed by atoms with Gasteiger partial charge in [0.15, 0.2) is 0 Å². The minimum Gasteiger partial charge on any atom is -0.354 e. The van der Waals surface area contributed by atoms with E-state index in [-0.39, 0.29) is 22.4 Å². The third-order valence-corrected chi connectivity index (χ3v) is 8.58. The third kappa shape index (κ3) is 8.48. The lowest BCUT2D eigenvalue weighted by Crippen LogP contribution is -2.52. The van der Waals surface area contributed by atoms with Crippen LogP contribution in [0.2, 0.25) is 5.02 Å². The summed E-state index contributed by atoms with van der Waals surface area (Å²) in [5.74, 6) is -1.09. The molecule has 0 unspecified atom stereocenters. The Labute approximate surface area is 249 Å². The van der Waals surface area contributed by atoms with Gasteiger partial charge in [-0.15, -0.1) is 0 Å². The molecule has 0 spiro atoms. The van der Waals surface area contributed by atoms with Gasteiger partial charge in [-0.25, -0.2) is 8.42 Å². The molecule has 0 fully saturated rings. The second-order valence-electron chi connectivity index (χ2n) is 10.1. The lowest BCUT2D eigenvalue weighted by atomic mass is 10.1. The van der Waals surface area contributed by atoms with Gasteiger partial charge in [-0.3, -0.25) is 13.9 Å². The molecular formula is C30H33ClF3N3O4S. The van der Waals surface area contributed by atoms with Crippen LogP contribution in [0.4, 0.5) is 18.9 Å². The van der Waals surface area contributed by atoms with E-state index in [1.807, 2.05) is 44.2 Å². The smallest absolute Gasteiger partial charge is 0.354 e. The van der Waals surface area contributed by atoms with E-state index >= 15 is 0 Å². The fourth-order valence-electron chi connectivity index (χ4n) is 4.14. The summed E-state index contributed by atoms with van der Waals surface area (Å²) in [7, 11) is -4.57. The molecule has 1 N–H and O–H groups in total. The molecule has 42 heavy (non-hydrogen) atoms. The molecule has 3 aromatic carbocycles. The normalized spacial score (nSPS) is 12.6. The van der Waals surface area contributed by atoms with Gasteiger partial charge in [0.25, 0.3) is 10.0 Å². The molecule has 226 valence electrons. The maximum atomic E-state index is 13.9. The van der Waals surface area contributed by atoms with E-state index in [9.17, 15) is 31.2 Å². The fourth-order valence-corrected chi connectivity index (χ4v) is 5.85. The van der Waals surface area contributed by atoms with Crippen molar-refractivity contribution in [3.63, 3.8) is 0 Å². The minimum atomic E-state index is -4.80. The molecule has 0 radical (unpaired) electrons. The molecule has 0 aliphatic rings. The number of anilines is 1. The number of benzene rings is 3. The van der Waals surface area contributed by atoms with Gasteiger partial charge in [0.2, 0.25) is 11.8 Å². The second kappa shape index (κ2) is 14.1. The van der Waals surface area contributed by atoms with Gasteiger partial charge < -0.3 is 10.2 Å². The van der Waals surface area contributed by atoms with Gasteiger partial charge in [0, 0.05) is 13.1 Å². The number of rotatable bonds is 12. The molecule has 3 rings (SSSR count). The van der Waals surface area contributed by atoms with Crippen LogP contribution in [0.5, 0.6) is 0 Å². The zero-order valence-electron chi connectivity index (χ0n) is 23.4. The number of halogens is 4. The van der Waals surface area contributed by atoms with Gasteiger partial charge in [-0.05, 0) is 55.2 Å². The van der Waals surface area contributed by atoms with Crippen molar-refractivity contribution in [1.82, 2.24) is 10.2 Å². The van der Waals surface area contributed by atoms with Crippen molar-refractivity contribution in [3.05, 3.63) is 95.0 Å². The molecule has 1 atom stereocenters. The van der Waals surface area contributed by atoms with Crippen molar-refractivity contribution in [3.8, 4) is 0 Å². The van der Waals surface area contributed by atoms with Crippen molar-refractivity contribution < 1.29 is 31.2 Å². The molecule has 2 amide bonds. The Morgan fingerprint density at radius 1 is 0.929 bits per heavy atom. The van der Waals surface area contributed by atoms with Crippen LogP contribution in [0.15, 0.2) is 83.8 Å². The second-order valence-corrected chi connectivity index (χ2v) is 12.4. The van der Waals surface area contributed by atoms with E-state index in [1.165, 1.54) is 36.1 Å². The molecule has 0 aromatic heterocycles. The first-order valence-electron chi connectivity index (χ1n) is 13.3. The van der Waals surface area contributed by atoms with Crippen LogP contribution in [0, 0.1) is 5.92 Å². The summed E-state index contributed by atoms with van der Waals surface area (Å²) < 4.78 is 69.1. The van der Waals surface area contributed by atoms with E-state index in [2.05, 4.69) is 5.32 Å². The summed E-state index contributed by atoms with van der Waals surface area (Å²) in [5.41, 5.74) is -0.770. The van der Waals surface area contributed by atoms with Crippen molar-refractivity contribution in [2.45, 2.75) is 44.3 Å². The van der Waals surface area contributed by atoms with Crippen LogP contribution in [0.25, 0.3) is 0 Å². The molecule has 12 heteroatoms. The minimum absolute atomic E-state index is 0.0503. The highest BCUT2D eigenvalue weighted by Crippen LogP contribution is 2.37. The monoisotopic (exact) mass is 623 g/mol. The van der Waals surface area contributed by atoms with Crippen LogP contribution in [-0.2, 0) is 32.2 Å². The molecule has 0 saturated heterocycles. The molecular weight excluding hydrogens is 591 g/mol. The number of hydrogen-bond acceptors (Lipinski definition) is 4. The van der Waals surface area contributed by atoms with E-state index in [0.29, 0.717) is 23.3 Å². The Morgan fingerprint density at radius 2 is 1.52 bits per heavy atom. The van der Waals surface area contributed by atoms with Crippen LogP contribution in [0.3, 0.4) is 0 Å². The average molecular weight is 624 g/mol. The number of alkyl halides is 3. The Bertz CT molecular complexity index is 1470. The predicted molar refractivity (Wildman–Crippen MR) is 157 cm³/mol. The van der Waals surface area contributed by atoms with Crippen LogP contribution >= 0.6 is 11.6 Å². The van der Waals surface area contributed by atoms with E-state index < -0.39 is 51.9 Å². The number of carbonyl (C=O) groups is 2. The zero-order valence-corrected chi connectivity index (χ0v) is 25.0. The standard InChI is InChI=1S/C30H33ClF3N3O4S/c1-21(2)19-35-29(39)22(3)36(17-16-23-10-6-4-7-11-23)28(38)20-37(42(40,41)25-12-8-5-9-13-25)27-18-24(30(32,33)34)14-15-26(27)31/h4-15,18,21-22H,16-17,19-20H2,1-3H3,(H,35,39)/t22-/m0/s1. The van der Waals surface area contributed by atoms with Gasteiger partial charge in [0.05, 0.1) is 21.2 Å². The Hall–Kier alpha value is -3.57. The molecule has 0 heterocycles. The number of carbonyl (C=O) groups excluding carboxylic acids is 2. The zero-order chi connectivity index (χ0) is 31.1. The van der Waals surface area contributed by atoms with E-state index in [4.69, 9.17) is 11.6 Å². The largest absolute Gasteiger partial charge is 0.416 e. The lowest BCUT2D eigenvalue weighted by molar-refractivity contribution is -0.138. The third-order valence-electron chi connectivity index (χ3n) is 6.49. The number of amides is 2. The van der Waals surface area contributed by atoms with Gasteiger partial charge in [0.1, 0.15) is 12.6 Å². The van der Waals surface area contributed by atoms with Crippen LogP contribution < -0.4 is 9.62 Å². The lowest BCUT2D eigenvalue weighted by Gasteiger charge is -2.32. The average Bonchev–Trinajstić information content (AvgIpc) is 2.95. The van der Waals surface area contributed by atoms with Crippen molar-refractivity contribution in [1.29, 1.82) is 0 Å². The maximum Gasteiger partial charge on any atom is 0.416 e. The number of sulfonamides is 1. The molecule has 0 bridgehead atoms. The summed E-state index contributed by atoms with van der Waals surface area (Å²) in [6.07, 6.45) is -4.44. The highest BCUT2D eigenvalue weighted by atomic mass is 35.5. The number of nitrogens with zero attached hydrogens (tertiary/aromatic N) is 2. The van der Waals surface area contributed by atoms with Crippen LogP contribution in [-0.4, -0.2) is 50.8 Å². The maximum absolute atomic E-state index is 13.9. The van der Waals surface area contributed by atoms with Crippen LogP contribution in [0.1, 0.15) is 31.9 Å². The summed E-state index contributed by atoms with van der Waals surface area (Å²) in [4.78, 5) is 27.9. The quantitative estimate of drug-likeness (QED) is 0.277. The number of nitrogens with one attached hydrogen (secondary N) is 1. The Kier molecular flexibility index (Phi) is 11.0. The topological polar surface area (TPSA) is 86.8 Å². The first kappa shape index (κ1) is 32.9.